The highest BCUT2D eigenvalue weighted by Crippen LogP contribution is 2.66. The van der Waals surface area contributed by atoms with Crippen molar-refractivity contribution in [3.8, 4) is 129 Å². The normalized spacial score (nSPS) is 14.3. The molecule has 2 aromatic heterocycles. The molecule has 3 heterocycles. The molecule has 0 unspecified atom stereocenters. The van der Waals surface area contributed by atoms with Crippen LogP contribution in [-0.4, -0.2) is 28.3 Å². The van der Waals surface area contributed by atoms with Gasteiger partial charge in [-0.3, -0.25) is 0 Å². The molecule has 23 rings (SSSR count). The van der Waals surface area contributed by atoms with Gasteiger partial charge in [-0.1, -0.05) is 303 Å². The van der Waals surface area contributed by atoms with E-state index in [1.54, 1.807) is 0 Å². The number of rotatable bonds is 8. The molecule has 1 aliphatic heterocycles. The molecule has 5 aliphatic rings. The molecule has 558 valence electrons. The molecule has 4 aliphatic carbocycles. The molecule has 0 bridgehead atoms. The molecule has 0 amide bonds. The fourth-order valence-corrected chi connectivity index (χ4v) is 18.9. The van der Waals surface area contributed by atoms with Crippen molar-refractivity contribution >= 4 is 52.1 Å². The van der Waals surface area contributed by atoms with E-state index in [9.17, 15) is 0 Å². The molecule has 10 heteroatoms. The van der Waals surface area contributed by atoms with Gasteiger partial charge in [-0.15, -0.1) is 0 Å². The van der Waals surface area contributed by atoms with Crippen molar-refractivity contribution in [2.75, 3.05) is 0 Å². The first-order valence-electron chi connectivity index (χ1n) is 39.8. The molecule has 1 saturated heterocycles. The summed E-state index contributed by atoms with van der Waals surface area (Å²) in [6.07, 6.45) is 0. The van der Waals surface area contributed by atoms with Gasteiger partial charge in [0.05, 0.1) is 40.2 Å². The van der Waals surface area contributed by atoms with Crippen LogP contribution in [0.15, 0.2) is 373 Å². The van der Waals surface area contributed by atoms with Gasteiger partial charge in [0.1, 0.15) is 11.0 Å². The summed E-state index contributed by atoms with van der Waals surface area (Å²) in [7, 11) is -0.335. The third kappa shape index (κ3) is 11.4. The van der Waals surface area contributed by atoms with E-state index in [0.29, 0.717) is 28.1 Å². The second kappa shape index (κ2) is 28.0. The van der Waals surface area contributed by atoms with Crippen LogP contribution in [0, 0.1) is 17.9 Å². The fraction of sp³-hybridized carbons (Fsp3) is 0.0741. The van der Waals surface area contributed by atoms with Crippen LogP contribution in [0.3, 0.4) is 0 Å². The Bertz CT molecular complexity index is 7040. The Morgan fingerprint density at radius 2 is 0.619 bits per heavy atom. The summed E-state index contributed by atoms with van der Waals surface area (Å²) in [6, 6.07) is 130. The minimum Gasteiger partial charge on any atom is -0.436 e. The smallest absolute Gasteiger partial charge is 0.436 e. The Kier molecular flexibility index (Phi) is 17.0. The highest BCUT2D eigenvalue weighted by molar-refractivity contribution is 6.62. The zero-order valence-corrected chi connectivity index (χ0v) is 65.8. The second-order valence-electron chi connectivity index (χ2n) is 31.9. The van der Waals surface area contributed by atoms with Gasteiger partial charge in [0.2, 0.25) is 11.8 Å². The van der Waals surface area contributed by atoms with E-state index >= 15 is 0 Å². The lowest BCUT2D eigenvalue weighted by Gasteiger charge is -2.32. The number of fused-ring (bicyclic) bond motifs is 22. The SMILES string of the molecule is Clc1ccc(-c2nc3ccc(-c4cccc5c4-c4ccccc4C54c5ccccc5-c5ccccc54)cc3o2)cc1.N#Cc1ccc(-c2ccc(-c3ccc(-c4nc5ccc(-c6cccc7c6-c6ccccc6C76c7ccccc7-c7ccccc76)cc5o4)cc3)cc2)cc1.[C-]#[N+]c1ccc(-c2ccc(B3OC(C)(C)C(C)(C)O3)cc2)cc1. The van der Waals surface area contributed by atoms with Crippen LogP contribution in [0.2, 0.25) is 5.02 Å². The lowest BCUT2D eigenvalue weighted by Crippen LogP contribution is -2.41. The number of nitriles is 1. The lowest BCUT2D eigenvalue weighted by atomic mass is 9.70. The third-order valence-corrected chi connectivity index (χ3v) is 25.2. The molecule has 118 heavy (non-hydrogen) atoms. The number of hydrogen-bond acceptors (Lipinski definition) is 7. The maximum absolute atomic E-state index is 9.12. The van der Waals surface area contributed by atoms with Crippen LogP contribution in [0.5, 0.6) is 0 Å². The Morgan fingerprint density at radius 3 is 0.992 bits per heavy atom. The Morgan fingerprint density at radius 1 is 0.322 bits per heavy atom. The second-order valence-corrected chi connectivity index (χ2v) is 32.3. The van der Waals surface area contributed by atoms with E-state index in [1.807, 2.05) is 84.9 Å². The molecule has 0 atom stereocenters. The van der Waals surface area contributed by atoms with Gasteiger partial charge in [0.15, 0.2) is 16.9 Å². The fourth-order valence-electron chi connectivity index (χ4n) is 18.7. The van der Waals surface area contributed by atoms with Crippen LogP contribution in [0.25, 0.3) is 150 Å². The van der Waals surface area contributed by atoms with Crippen molar-refractivity contribution in [1.29, 1.82) is 5.26 Å². The van der Waals surface area contributed by atoms with Crippen molar-refractivity contribution in [2.24, 2.45) is 0 Å². The van der Waals surface area contributed by atoms with E-state index in [1.165, 1.54) is 100 Å². The van der Waals surface area contributed by atoms with E-state index in [-0.39, 0.29) is 29.2 Å². The van der Waals surface area contributed by atoms with Crippen molar-refractivity contribution in [3.63, 3.8) is 0 Å². The van der Waals surface area contributed by atoms with Crippen molar-refractivity contribution < 1.29 is 18.1 Å². The molecule has 8 nitrogen and oxygen atoms in total. The summed E-state index contributed by atoms with van der Waals surface area (Å²) in [5.41, 5.74) is 38.3. The summed E-state index contributed by atoms with van der Waals surface area (Å²) in [5.74, 6) is 1.20. The van der Waals surface area contributed by atoms with Crippen LogP contribution in [0.1, 0.15) is 77.8 Å². The predicted molar refractivity (Wildman–Crippen MR) is 477 cm³/mol. The molecule has 0 radical (unpaired) electrons. The number of nitrogens with zero attached hydrogens (tertiary/aromatic N) is 4. The van der Waals surface area contributed by atoms with Gasteiger partial charge in [-0.25, -0.2) is 14.8 Å². The molecule has 2 spiro atoms. The number of hydrogen-bond donors (Lipinski definition) is 0. The average molecular weight is 1540 g/mol. The third-order valence-electron chi connectivity index (χ3n) is 25.0. The summed E-state index contributed by atoms with van der Waals surface area (Å²) in [4.78, 5) is 13.1. The predicted octanol–water partition coefficient (Wildman–Crippen LogP) is 27.1. The molecular formula is C108H72BClN4O4. The first-order chi connectivity index (χ1) is 57.8. The molecular weight excluding hydrogens is 1460 g/mol. The quantitative estimate of drug-likeness (QED) is 0.110. The van der Waals surface area contributed by atoms with E-state index in [0.717, 1.165) is 83.3 Å². The Hall–Kier alpha value is -14.3. The van der Waals surface area contributed by atoms with Crippen LogP contribution >= 0.6 is 11.6 Å². The maximum atomic E-state index is 9.12. The van der Waals surface area contributed by atoms with E-state index in [2.05, 4.69) is 318 Å². The van der Waals surface area contributed by atoms with Crippen LogP contribution < -0.4 is 5.46 Å². The maximum Gasteiger partial charge on any atom is 0.494 e. The highest BCUT2D eigenvalue weighted by Gasteiger charge is 2.55. The first-order valence-corrected chi connectivity index (χ1v) is 40.2. The average Bonchev–Trinajstić information content (AvgIpc) is 1.51. The van der Waals surface area contributed by atoms with Gasteiger partial charge in [0.25, 0.3) is 0 Å². The number of oxazole rings is 2. The van der Waals surface area contributed by atoms with Crippen molar-refractivity contribution in [3.05, 3.63) is 430 Å². The molecule has 16 aromatic carbocycles. The van der Waals surface area contributed by atoms with E-state index < -0.39 is 0 Å². The van der Waals surface area contributed by atoms with Crippen molar-refractivity contribution in [1.82, 2.24) is 9.97 Å². The summed E-state index contributed by atoms with van der Waals surface area (Å²) in [5, 5.41) is 9.81. The van der Waals surface area contributed by atoms with Gasteiger partial charge in [-0.2, -0.15) is 5.26 Å². The topological polar surface area (TPSA) is 98.7 Å². The van der Waals surface area contributed by atoms with Gasteiger partial charge in [-0.05, 0) is 251 Å². The summed E-state index contributed by atoms with van der Waals surface area (Å²) >= 11 is 6.10. The number of aromatic nitrogens is 2. The highest BCUT2D eigenvalue weighted by atomic mass is 35.5. The van der Waals surface area contributed by atoms with Crippen molar-refractivity contribution in [2.45, 2.75) is 49.7 Å². The largest absolute Gasteiger partial charge is 0.494 e. The lowest BCUT2D eigenvalue weighted by molar-refractivity contribution is 0.00578. The minimum atomic E-state index is -0.377. The molecule has 1 fully saturated rings. The molecule has 18 aromatic rings. The number of halogens is 1. The number of benzene rings is 16. The molecule has 0 saturated carbocycles. The van der Waals surface area contributed by atoms with Gasteiger partial charge in [0, 0.05) is 16.1 Å². The minimum absolute atomic E-state index is 0.327. The van der Waals surface area contributed by atoms with E-state index in [4.69, 9.17) is 51.5 Å². The first kappa shape index (κ1) is 71.5. The Labute approximate surface area is 690 Å². The van der Waals surface area contributed by atoms with Crippen LogP contribution in [0.4, 0.5) is 5.69 Å². The zero-order valence-electron chi connectivity index (χ0n) is 65.0. The van der Waals surface area contributed by atoms with Gasteiger partial charge >= 0.3 is 7.12 Å². The Balaban J connectivity index is 0.000000119. The molecule has 0 N–H and O–H groups in total. The summed E-state index contributed by atoms with van der Waals surface area (Å²) in [6.45, 7) is 15.2. The van der Waals surface area contributed by atoms with Gasteiger partial charge < -0.3 is 18.1 Å². The summed E-state index contributed by atoms with van der Waals surface area (Å²) < 4.78 is 24.9. The zero-order chi connectivity index (χ0) is 79.6. The standard InChI is InChI=1S/C51H30N2O.C38H22ClNO.C19H20BNO2/c52-31-32-16-18-33(19-17-32)34-20-22-35(23-21-34)36-24-26-37(27-25-36)50-53-47-29-28-38(30-48(47)54-50)39-11-7-15-46-49(39)42-10-3-6-14-45(42)51(46)43-12-4-1-8-40(43)41-9-2-5-13-44(41)51;39-25-19-16-23(17-20-25)37-40-34-21-18-24(22-35(34)41-37)26-11-7-15-33-36(26)29-10-3-6-14-32(29)38(33)30-12-4-1-8-27(30)28-9-2-5-13-31(28)38;1-18(2)19(3,4)23-20(22-18)16-10-6-14(7-11-16)15-8-12-17(21-5)13-9-15/h1-30H;1-22H;6-13H,1-4H3. The van der Waals surface area contributed by atoms with Crippen LogP contribution in [-0.2, 0) is 20.1 Å². The monoisotopic (exact) mass is 1530 g/mol.